The number of amides is 1. The number of carbonyl (C=O) groups is 2. The lowest BCUT2D eigenvalue weighted by molar-refractivity contribution is -0.113. The Hall–Kier alpha value is -4.66. The van der Waals surface area contributed by atoms with Gasteiger partial charge >= 0.3 is 5.97 Å². The highest BCUT2D eigenvalue weighted by Crippen LogP contribution is 2.37. The van der Waals surface area contributed by atoms with E-state index in [1.807, 2.05) is 24.3 Å². The molecule has 9 nitrogen and oxygen atoms in total. The number of esters is 1. The lowest BCUT2D eigenvalue weighted by atomic mass is 9.94. The SMILES string of the molecule is CCOC(=O)c1cc2n(n1)C(c1ccc(O)cc1)C(C(=O)Nc1ccc3cnccc3c1)=C(C)N2. The first-order chi connectivity index (χ1) is 16.9. The molecule has 176 valence electrons. The normalized spacial score (nSPS) is 14.9. The molecule has 0 bridgehead atoms. The summed E-state index contributed by atoms with van der Waals surface area (Å²) in [6.45, 7) is 3.75. The predicted octanol–water partition coefficient (Wildman–Crippen LogP) is 4.24. The van der Waals surface area contributed by atoms with E-state index >= 15 is 0 Å². The zero-order valence-electron chi connectivity index (χ0n) is 19.1. The standard InChI is InChI=1S/C26H23N5O4/c1-3-35-26(34)21-13-22-28-15(2)23(24(31(22)30-21)16-5-8-20(32)9-6-16)25(33)29-19-7-4-18-14-27-11-10-17(18)12-19/h4-14,24,28,32H,3H2,1-2H3,(H,29,33). The third-order valence-electron chi connectivity index (χ3n) is 5.81. The van der Waals surface area contributed by atoms with Crippen molar-refractivity contribution in [1.82, 2.24) is 14.8 Å². The van der Waals surface area contributed by atoms with Gasteiger partial charge in [-0.25, -0.2) is 9.48 Å². The Balaban J connectivity index is 1.55. The van der Waals surface area contributed by atoms with E-state index in [-0.39, 0.29) is 24.0 Å². The molecule has 35 heavy (non-hydrogen) atoms. The van der Waals surface area contributed by atoms with Gasteiger partial charge in [0.25, 0.3) is 5.91 Å². The zero-order chi connectivity index (χ0) is 24.5. The highest BCUT2D eigenvalue weighted by Gasteiger charge is 2.34. The minimum absolute atomic E-state index is 0.105. The topological polar surface area (TPSA) is 118 Å². The number of aromatic hydroxyl groups is 1. The first-order valence-electron chi connectivity index (χ1n) is 11.1. The molecule has 1 unspecified atom stereocenters. The molecule has 1 aliphatic heterocycles. The van der Waals surface area contributed by atoms with E-state index < -0.39 is 12.0 Å². The van der Waals surface area contributed by atoms with Gasteiger partial charge in [0, 0.05) is 35.2 Å². The van der Waals surface area contributed by atoms with Crippen molar-refractivity contribution in [1.29, 1.82) is 0 Å². The highest BCUT2D eigenvalue weighted by molar-refractivity contribution is 6.07. The fourth-order valence-corrected chi connectivity index (χ4v) is 4.19. The maximum atomic E-state index is 13.6. The maximum Gasteiger partial charge on any atom is 0.358 e. The number of aromatic nitrogens is 3. The Bertz CT molecular complexity index is 1470. The maximum absolute atomic E-state index is 13.6. The quantitative estimate of drug-likeness (QED) is 0.374. The van der Waals surface area contributed by atoms with Crippen LogP contribution in [-0.4, -0.2) is 38.4 Å². The van der Waals surface area contributed by atoms with Gasteiger partial charge in [0.05, 0.1) is 12.2 Å². The minimum atomic E-state index is -0.639. The summed E-state index contributed by atoms with van der Waals surface area (Å²) in [6, 6.07) is 15.0. The van der Waals surface area contributed by atoms with Gasteiger partial charge in [0.15, 0.2) is 5.69 Å². The Kier molecular flexibility index (Phi) is 5.66. The number of benzene rings is 2. The van der Waals surface area contributed by atoms with Gasteiger partial charge in [0.1, 0.15) is 17.6 Å². The molecular formula is C26H23N5O4. The van der Waals surface area contributed by atoms with Crippen molar-refractivity contribution in [2.24, 2.45) is 0 Å². The van der Waals surface area contributed by atoms with Crippen LogP contribution in [0.2, 0.25) is 0 Å². The van der Waals surface area contributed by atoms with Gasteiger partial charge in [-0.1, -0.05) is 18.2 Å². The number of phenols is 1. The van der Waals surface area contributed by atoms with Crippen molar-refractivity contribution in [3.63, 3.8) is 0 Å². The van der Waals surface area contributed by atoms with Crippen LogP contribution in [0.4, 0.5) is 11.5 Å². The van der Waals surface area contributed by atoms with Crippen molar-refractivity contribution in [3.8, 4) is 5.75 Å². The molecule has 5 rings (SSSR count). The summed E-state index contributed by atoms with van der Waals surface area (Å²) >= 11 is 0. The van der Waals surface area contributed by atoms with Crippen LogP contribution < -0.4 is 10.6 Å². The van der Waals surface area contributed by atoms with E-state index in [4.69, 9.17) is 4.74 Å². The summed E-state index contributed by atoms with van der Waals surface area (Å²) < 4.78 is 6.69. The summed E-state index contributed by atoms with van der Waals surface area (Å²) in [7, 11) is 0. The van der Waals surface area contributed by atoms with Crippen LogP contribution in [0.25, 0.3) is 10.8 Å². The van der Waals surface area contributed by atoms with E-state index in [1.165, 1.54) is 0 Å². The summed E-state index contributed by atoms with van der Waals surface area (Å²) in [6.07, 6.45) is 3.47. The van der Waals surface area contributed by atoms with E-state index in [1.54, 1.807) is 61.3 Å². The van der Waals surface area contributed by atoms with E-state index in [9.17, 15) is 14.7 Å². The molecule has 1 aliphatic rings. The van der Waals surface area contributed by atoms with Gasteiger partial charge in [-0.3, -0.25) is 9.78 Å². The number of pyridine rings is 1. The molecule has 0 spiro atoms. The zero-order valence-corrected chi connectivity index (χ0v) is 19.1. The Morgan fingerprint density at radius 2 is 1.91 bits per heavy atom. The number of phenolic OH excluding ortho intramolecular Hbond substituents is 1. The van der Waals surface area contributed by atoms with Crippen molar-refractivity contribution in [2.45, 2.75) is 19.9 Å². The number of hydrogen-bond donors (Lipinski definition) is 3. The molecule has 0 fully saturated rings. The summed E-state index contributed by atoms with van der Waals surface area (Å²) in [5.74, 6) is -0.207. The first-order valence-corrected chi connectivity index (χ1v) is 11.1. The summed E-state index contributed by atoms with van der Waals surface area (Å²) in [5, 5.41) is 22.4. The van der Waals surface area contributed by atoms with Crippen LogP contribution in [0, 0.1) is 0 Å². The third-order valence-corrected chi connectivity index (χ3v) is 5.81. The Morgan fingerprint density at radius 3 is 2.69 bits per heavy atom. The Morgan fingerprint density at radius 1 is 1.11 bits per heavy atom. The molecule has 0 saturated heterocycles. The van der Waals surface area contributed by atoms with Gasteiger partial charge < -0.3 is 20.5 Å². The fourth-order valence-electron chi connectivity index (χ4n) is 4.19. The molecule has 0 saturated carbocycles. The number of anilines is 2. The number of fused-ring (bicyclic) bond motifs is 2. The second kappa shape index (κ2) is 8.94. The summed E-state index contributed by atoms with van der Waals surface area (Å²) in [5.41, 5.74) is 2.54. The van der Waals surface area contributed by atoms with Crippen molar-refractivity contribution in [2.75, 3.05) is 17.2 Å². The van der Waals surface area contributed by atoms with Crippen LogP contribution >= 0.6 is 0 Å². The second-order valence-electron chi connectivity index (χ2n) is 8.13. The molecule has 2 aromatic carbocycles. The lowest BCUT2D eigenvalue weighted by Gasteiger charge is -2.29. The third kappa shape index (κ3) is 4.19. The smallest absolute Gasteiger partial charge is 0.358 e. The van der Waals surface area contributed by atoms with Gasteiger partial charge in [-0.05, 0) is 55.1 Å². The number of nitrogens with zero attached hydrogens (tertiary/aromatic N) is 3. The summed E-state index contributed by atoms with van der Waals surface area (Å²) in [4.78, 5) is 30.1. The van der Waals surface area contributed by atoms with Gasteiger partial charge in [-0.15, -0.1) is 0 Å². The number of nitrogens with one attached hydrogen (secondary N) is 2. The second-order valence-corrected chi connectivity index (χ2v) is 8.13. The molecule has 3 N–H and O–H groups in total. The van der Waals surface area contributed by atoms with E-state index in [0.717, 1.165) is 16.3 Å². The molecule has 2 aromatic heterocycles. The van der Waals surface area contributed by atoms with E-state index in [2.05, 4.69) is 20.7 Å². The molecule has 1 amide bonds. The number of carbonyl (C=O) groups excluding carboxylic acids is 2. The van der Waals surface area contributed by atoms with Crippen LogP contribution in [-0.2, 0) is 9.53 Å². The highest BCUT2D eigenvalue weighted by atomic mass is 16.5. The fraction of sp³-hybridized carbons (Fsp3) is 0.154. The lowest BCUT2D eigenvalue weighted by Crippen LogP contribution is -2.31. The van der Waals surface area contributed by atoms with Crippen molar-refractivity contribution in [3.05, 3.63) is 89.5 Å². The molecule has 9 heteroatoms. The van der Waals surface area contributed by atoms with Crippen molar-refractivity contribution >= 4 is 34.2 Å². The predicted molar refractivity (Wildman–Crippen MR) is 131 cm³/mol. The van der Waals surface area contributed by atoms with Gasteiger partial charge in [0.2, 0.25) is 0 Å². The monoisotopic (exact) mass is 469 g/mol. The van der Waals surface area contributed by atoms with Crippen LogP contribution in [0.15, 0.2) is 78.3 Å². The van der Waals surface area contributed by atoms with E-state index in [0.29, 0.717) is 22.8 Å². The number of rotatable bonds is 5. The van der Waals surface area contributed by atoms with Crippen LogP contribution in [0.5, 0.6) is 5.75 Å². The average Bonchev–Trinajstić information content (AvgIpc) is 3.27. The number of hydrogen-bond acceptors (Lipinski definition) is 7. The van der Waals surface area contributed by atoms with Crippen molar-refractivity contribution < 1.29 is 19.4 Å². The van der Waals surface area contributed by atoms with Crippen LogP contribution in [0.3, 0.4) is 0 Å². The van der Waals surface area contributed by atoms with Crippen LogP contribution in [0.1, 0.15) is 35.9 Å². The minimum Gasteiger partial charge on any atom is -0.508 e. The van der Waals surface area contributed by atoms with Gasteiger partial charge in [-0.2, -0.15) is 5.10 Å². The molecule has 4 aromatic rings. The number of ether oxygens (including phenoxy) is 1. The number of allylic oxidation sites excluding steroid dienone is 1. The molecular weight excluding hydrogens is 446 g/mol. The largest absolute Gasteiger partial charge is 0.508 e. The Labute approximate surface area is 201 Å². The molecule has 3 heterocycles. The first kappa shape index (κ1) is 22.1. The molecule has 0 radical (unpaired) electrons. The molecule has 1 atom stereocenters. The average molecular weight is 470 g/mol. The molecule has 0 aliphatic carbocycles.